The van der Waals surface area contributed by atoms with E-state index < -0.39 is 12.1 Å². The first-order chi connectivity index (χ1) is 12.8. The van der Waals surface area contributed by atoms with Gasteiger partial charge in [-0.15, -0.1) is 11.3 Å². The third-order valence-electron chi connectivity index (χ3n) is 3.32. The molecule has 0 saturated carbocycles. The van der Waals surface area contributed by atoms with Crippen molar-refractivity contribution in [2.45, 2.75) is 19.3 Å². The first-order valence-electron chi connectivity index (χ1n) is 7.62. The molecule has 3 aromatic heterocycles. The van der Waals surface area contributed by atoms with Gasteiger partial charge in [-0.2, -0.15) is 23.3 Å². The molecule has 0 aliphatic heterocycles. The van der Waals surface area contributed by atoms with Crippen LogP contribution >= 0.6 is 23.6 Å². The largest absolute Gasteiger partial charge is 0.471 e. The number of hydrogen-bond donors (Lipinski definition) is 1. The van der Waals surface area contributed by atoms with Crippen molar-refractivity contribution in [2.24, 2.45) is 0 Å². The molecule has 0 spiro atoms. The summed E-state index contributed by atoms with van der Waals surface area (Å²) in [6, 6.07) is 3.44. The Morgan fingerprint density at radius 2 is 2.22 bits per heavy atom. The molecular formula is C15H14F3N5O2S2. The molecule has 0 radical (unpaired) electrons. The van der Waals surface area contributed by atoms with Gasteiger partial charge >= 0.3 is 12.1 Å². The number of halogens is 3. The number of nitrogens with one attached hydrogen (secondary N) is 1. The van der Waals surface area contributed by atoms with E-state index in [1.165, 1.54) is 11.3 Å². The Balaban J connectivity index is 1.61. The highest BCUT2D eigenvalue weighted by molar-refractivity contribution is 7.80. The molecule has 0 atom stereocenters. The summed E-state index contributed by atoms with van der Waals surface area (Å²) in [6.45, 7) is 1.35. The van der Waals surface area contributed by atoms with Gasteiger partial charge in [0.1, 0.15) is 4.99 Å². The standard InChI is InChI=1S/C15H14F3N5O2S2/c1-24-8-12(26)19-4-9-5-20-23(6-9)7-10-2-3-11(27-10)13-21-14(25-22-13)15(16,17)18/h2-3,5-6H,4,7-8H2,1H3,(H,19,26). The van der Waals surface area contributed by atoms with Crippen LogP contribution in [-0.4, -0.2) is 38.6 Å². The molecule has 1 N–H and O–H groups in total. The fraction of sp³-hybridized carbons (Fsp3) is 0.333. The van der Waals surface area contributed by atoms with Crippen molar-refractivity contribution in [3.63, 3.8) is 0 Å². The normalized spacial score (nSPS) is 11.7. The Kier molecular flexibility index (Phi) is 5.87. The van der Waals surface area contributed by atoms with E-state index in [2.05, 4.69) is 25.1 Å². The van der Waals surface area contributed by atoms with Crippen LogP contribution in [0.25, 0.3) is 10.7 Å². The quantitative estimate of drug-likeness (QED) is 0.592. The number of rotatable bonds is 7. The van der Waals surface area contributed by atoms with Crippen molar-refractivity contribution in [3.05, 3.63) is 40.9 Å². The third kappa shape index (κ3) is 5.11. The lowest BCUT2D eigenvalue weighted by molar-refractivity contribution is -0.159. The summed E-state index contributed by atoms with van der Waals surface area (Å²) in [7, 11) is 1.57. The highest BCUT2D eigenvalue weighted by atomic mass is 32.1. The SMILES string of the molecule is COCC(=S)NCc1cnn(Cc2ccc(-c3noc(C(F)(F)F)n3)s2)c1. The Labute approximate surface area is 161 Å². The van der Waals surface area contributed by atoms with E-state index in [-0.39, 0.29) is 5.82 Å². The number of aromatic nitrogens is 4. The monoisotopic (exact) mass is 417 g/mol. The predicted molar refractivity (Wildman–Crippen MR) is 95.3 cm³/mol. The van der Waals surface area contributed by atoms with Crippen LogP contribution in [0.2, 0.25) is 0 Å². The number of hydrogen-bond acceptors (Lipinski definition) is 7. The molecule has 3 rings (SSSR count). The van der Waals surface area contributed by atoms with Gasteiger partial charge in [0.25, 0.3) is 0 Å². The van der Waals surface area contributed by atoms with Crippen LogP contribution in [0.5, 0.6) is 0 Å². The Bertz CT molecular complexity index is 919. The number of thiophene rings is 1. The summed E-state index contributed by atoms with van der Waals surface area (Å²) in [5.41, 5.74) is 0.943. The van der Waals surface area contributed by atoms with Gasteiger partial charge in [-0.1, -0.05) is 17.4 Å². The molecule has 0 fully saturated rings. The third-order valence-corrected chi connectivity index (χ3v) is 4.65. The number of ether oxygens (including phenoxy) is 1. The fourth-order valence-corrected chi connectivity index (χ4v) is 3.26. The lowest BCUT2D eigenvalue weighted by Crippen LogP contribution is -2.24. The average Bonchev–Trinajstić information content (AvgIpc) is 3.33. The van der Waals surface area contributed by atoms with E-state index in [0.717, 1.165) is 10.4 Å². The lowest BCUT2D eigenvalue weighted by Gasteiger charge is -2.04. The van der Waals surface area contributed by atoms with Crippen LogP contribution in [0, 0.1) is 0 Å². The zero-order valence-corrected chi connectivity index (χ0v) is 15.6. The minimum atomic E-state index is -4.66. The number of thiocarbonyl (C=S) groups is 1. The van der Waals surface area contributed by atoms with Gasteiger partial charge in [0.15, 0.2) is 0 Å². The first-order valence-corrected chi connectivity index (χ1v) is 8.84. The van der Waals surface area contributed by atoms with Crippen molar-refractivity contribution in [1.82, 2.24) is 25.2 Å². The van der Waals surface area contributed by atoms with Crippen molar-refractivity contribution >= 4 is 28.5 Å². The first kappa shape index (κ1) is 19.5. The van der Waals surface area contributed by atoms with E-state index in [0.29, 0.717) is 29.6 Å². The van der Waals surface area contributed by atoms with Crippen LogP contribution in [0.3, 0.4) is 0 Å². The summed E-state index contributed by atoms with van der Waals surface area (Å²) in [5.74, 6) is -1.45. The molecular weight excluding hydrogens is 403 g/mol. The van der Waals surface area contributed by atoms with Crippen LogP contribution in [0.4, 0.5) is 13.2 Å². The maximum Gasteiger partial charge on any atom is 0.471 e. The minimum absolute atomic E-state index is 0.0874. The molecule has 0 saturated heterocycles. The molecule has 0 unspecified atom stereocenters. The average molecular weight is 417 g/mol. The van der Waals surface area contributed by atoms with E-state index in [4.69, 9.17) is 17.0 Å². The lowest BCUT2D eigenvalue weighted by atomic mass is 10.3. The molecule has 0 aliphatic rings. The minimum Gasteiger partial charge on any atom is -0.378 e. The summed E-state index contributed by atoms with van der Waals surface area (Å²) < 4.78 is 48.5. The van der Waals surface area contributed by atoms with Gasteiger partial charge in [0, 0.05) is 30.3 Å². The Hall–Kier alpha value is -2.31. The molecule has 3 aromatic rings. The summed E-state index contributed by atoms with van der Waals surface area (Å²) >= 11 is 6.36. The Morgan fingerprint density at radius 3 is 2.93 bits per heavy atom. The van der Waals surface area contributed by atoms with E-state index in [9.17, 15) is 13.2 Å². The summed E-state index contributed by atoms with van der Waals surface area (Å²) in [4.78, 5) is 5.37. The van der Waals surface area contributed by atoms with Gasteiger partial charge in [0.05, 0.1) is 24.2 Å². The predicted octanol–water partition coefficient (Wildman–Crippen LogP) is 3.13. The van der Waals surface area contributed by atoms with E-state index in [1.807, 2.05) is 6.20 Å². The second-order valence-electron chi connectivity index (χ2n) is 5.44. The van der Waals surface area contributed by atoms with Gasteiger partial charge in [-0.3, -0.25) is 4.68 Å². The summed E-state index contributed by atoms with van der Waals surface area (Å²) in [5, 5.41) is 10.7. The van der Waals surface area contributed by atoms with Crippen molar-refractivity contribution in [1.29, 1.82) is 0 Å². The molecule has 0 aromatic carbocycles. The van der Waals surface area contributed by atoms with Crippen molar-refractivity contribution in [3.8, 4) is 10.7 Å². The molecule has 3 heterocycles. The van der Waals surface area contributed by atoms with Crippen molar-refractivity contribution in [2.75, 3.05) is 13.7 Å². The van der Waals surface area contributed by atoms with Gasteiger partial charge in [-0.25, -0.2) is 0 Å². The van der Waals surface area contributed by atoms with E-state index in [1.54, 1.807) is 30.1 Å². The topological polar surface area (TPSA) is 78.0 Å². The molecule has 144 valence electrons. The highest BCUT2D eigenvalue weighted by Crippen LogP contribution is 2.31. The van der Waals surface area contributed by atoms with Crippen LogP contribution in [0.1, 0.15) is 16.3 Å². The van der Waals surface area contributed by atoms with Crippen LogP contribution < -0.4 is 5.32 Å². The van der Waals surface area contributed by atoms with Crippen molar-refractivity contribution < 1.29 is 22.4 Å². The maximum absolute atomic E-state index is 12.5. The zero-order chi connectivity index (χ0) is 19.4. The van der Waals surface area contributed by atoms with Gasteiger partial charge in [0.2, 0.25) is 5.82 Å². The maximum atomic E-state index is 12.5. The molecule has 27 heavy (non-hydrogen) atoms. The Morgan fingerprint density at radius 1 is 1.41 bits per heavy atom. The smallest absolute Gasteiger partial charge is 0.378 e. The van der Waals surface area contributed by atoms with Gasteiger partial charge < -0.3 is 14.6 Å². The number of methoxy groups -OCH3 is 1. The second-order valence-corrected chi connectivity index (χ2v) is 7.10. The number of alkyl halides is 3. The molecule has 7 nitrogen and oxygen atoms in total. The molecule has 0 amide bonds. The van der Waals surface area contributed by atoms with Gasteiger partial charge in [-0.05, 0) is 12.1 Å². The zero-order valence-electron chi connectivity index (χ0n) is 14.0. The number of nitrogens with zero attached hydrogens (tertiary/aromatic N) is 4. The summed E-state index contributed by atoms with van der Waals surface area (Å²) in [6.07, 6.45) is -1.08. The highest BCUT2D eigenvalue weighted by Gasteiger charge is 2.38. The molecule has 0 bridgehead atoms. The molecule has 12 heteroatoms. The fourth-order valence-electron chi connectivity index (χ4n) is 2.15. The second kappa shape index (κ2) is 8.15. The van der Waals surface area contributed by atoms with Crippen LogP contribution in [-0.2, 0) is 24.0 Å². The van der Waals surface area contributed by atoms with Crippen LogP contribution in [0.15, 0.2) is 29.0 Å². The molecule has 0 aliphatic carbocycles. The van der Waals surface area contributed by atoms with E-state index >= 15 is 0 Å².